The lowest BCUT2D eigenvalue weighted by molar-refractivity contribution is 0.500. The maximum Gasteiger partial charge on any atom is 0.324 e. The number of hydrogen-bond donors (Lipinski definition) is 1. The zero-order valence-corrected chi connectivity index (χ0v) is 12.0. The van der Waals surface area contributed by atoms with Gasteiger partial charge in [0.15, 0.2) is 5.82 Å². The molecule has 2 rings (SSSR count). The van der Waals surface area contributed by atoms with Crippen molar-refractivity contribution in [1.29, 1.82) is 0 Å². The molecule has 2 aromatic heterocycles. The topological polar surface area (TPSA) is 68.8 Å². The Morgan fingerprint density at radius 1 is 1.26 bits per heavy atom. The molecule has 0 unspecified atom stereocenters. The highest BCUT2D eigenvalue weighted by molar-refractivity contribution is 5.12. The van der Waals surface area contributed by atoms with E-state index in [9.17, 15) is 0 Å². The van der Waals surface area contributed by atoms with Crippen LogP contribution in [0, 0.1) is 0 Å². The molecule has 0 saturated heterocycles. The number of rotatable bonds is 6. The average molecular weight is 263 g/mol. The molecule has 0 bridgehead atoms. The Morgan fingerprint density at radius 3 is 2.68 bits per heavy atom. The standard InChI is InChI=1S/C13H21N5O/c1-5-11-16-12(6-2)18(17-11)13-15-10(8-19-13)7-14-9(3)4/h8-9,14H,5-7H2,1-4H3. The first-order valence-electron chi connectivity index (χ1n) is 6.77. The summed E-state index contributed by atoms with van der Waals surface area (Å²) in [4.78, 5) is 8.88. The number of nitrogens with one attached hydrogen (secondary N) is 1. The van der Waals surface area contributed by atoms with Gasteiger partial charge < -0.3 is 9.73 Å². The minimum absolute atomic E-state index is 0.421. The molecule has 0 fully saturated rings. The Kier molecular flexibility index (Phi) is 4.31. The summed E-state index contributed by atoms with van der Waals surface area (Å²) in [5.74, 6) is 1.69. The van der Waals surface area contributed by atoms with Gasteiger partial charge >= 0.3 is 6.01 Å². The van der Waals surface area contributed by atoms with Gasteiger partial charge in [0, 0.05) is 25.4 Å². The Balaban J connectivity index is 2.19. The van der Waals surface area contributed by atoms with Crippen LogP contribution >= 0.6 is 0 Å². The van der Waals surface area contributed by atoms with Gasteiger partial charge in [-0.25, -0.2) is 4.98 Å². The SMILES string of the molecule is CCc1nc(CC)n(-c2nc(CNC(C)C)co2)n1. The van der Waals surface area contributed by atoms with E-state index < -0.39 is 0 Å². The summed E-state index contributed by atoms with van der Waals surface area (Å²) < 4.78 is 7.18. The molecule has 6 heteroatoms. The van der Waals surface area contributed by atoms with Crippen molar-refractivity contribution >= 4 is 0 Å². The minimum Gasteiger partial charge on any atom is -0.430 e. The number of aryl methyl sites for hydroxylation is 2. The molecule has 1 N–H and O–H groups in total. The molecular formula is C13H21N5O. The van der Waals surface area contributed by atoms with Gasteiger partial charge in [-0.2, -0.15) is 9.67 Å². The lowest BCUT2D eigenvalue weighted by atomic mass is 10.4. The molecule has 0 aliphatic carbocycles. The maximum absolute atomic E-state index is 5.49. The zero-order valence-electron chi connectivity index (χ0n) is 12.0. The summed E-state index contributed by atoms with van der Waals surface area (Å²) in [7, 11) is 0. The number of nitrogens with zero attached hydrogens (tertiary/aromatic N) is 4. The van der Waals surface area contributed by atoms with Crippen molar-refractivity contribution in [3.05, 3.63) is 23.6 Å². The first-order chi connectivity index (χ1) is 9.13. The van der Waals surface area contributed by atoms with Crippen LogP contribution in [0.2, 0.25) is 0 Å². The summed E-state index contributed by atoms with van der Waals surface area (Å²) in [6.07, 6.45) is 3.27. The highest BCUT2D eigenvalue weighted by Crippen LogP contribution is 2.11. The molecule has 6 nitrogen and oxygen atoms in total. The van der Waals surface area contributed by atoms with E-state index >= 15 is 0 Å². The molecule has 0 spiro atoms. The van der Waals surface area contributed by atoms with Crippen LogP contribution in [0.15, 0.2) is 10.7 Å². The van der Waals surface area contributed by atoms with Crippen molar-refractivity contribution < 1.29 is 4.42 Å². The fourth-order valence-corrected chi connectivity index (χ4v) is 1.71. The van der Waals surface area contributed by atoms with Crippen molar-refractivity contribution in [2.75, 3.05) is 0 Å². The van der Waals surface area contributed by atoms with E-state index in [-0.39, 0.29) is 0 Å². The Hall–Kier alpha value is -1.69. The average Bonchev–Trinajstić information content (AvgIpc) is 3.02. The number of oxazole rings is 1. The summed E-state index contributed by atoms with van der Waals surface area (Å²) in [6, 6.07) is 0.911. The maximum atomic E-state index is 5.49. The second kappa shape index (κ2) is 5.97. The molecule has 0 radical (unpaired) electrons. The second-order valence-corrected chi connectivity index (χ2v) is 4.72. The van der Waals surface area contributed by atoms with Crippen LogP contribution in [0.4, 0.5) is 0 Å². The monoisotopic (exact) mass is 263 g/mol. The molecular weight excluding hydrogens is 242 g/mol. The molecule has 0 saturated carbocycles. The van der Waals surface area contributed by atoms with Crippen LogP contribution < -0.4 is 5.32 Å². The summed E-state index contributed by atoms with van der Waals surface area (Å²) in [5.41, 5.74) is 0.874. The fraction of sp³-hybridized carbons (Fsp3) is 0.615. The first-order valence-corrected chi connectivity index (χ1v) is 6.77. The minimum atomic E-state index is 0.421. The molecule has 2 heterocycles. The van der Waals surface area contributed by atoms with Crippen LogP contribution in [0.3, 0.4) is 0 Å². The normalized spacial score (nSPS) is 11.4. The van der Waals surface area contributed by atoms with E-state index in [2.05, 4.69) is 34.2 Å². The third-order valence-electron chi connectivity index (χ3n) is 2.76. The zero-order chi connectivity index (χ0) is 13.8. The van der Waals surface area contributed by atoms with Gasteiger partial charge in [0.05, 0.1) is 5.69 Å². The lowest BCUT2D eigenvalue weighted by Gasteiger charge is -2.04. The van der Waals surface area contributed by atoms with Crippen molar-refractivity contribution in [2.24, 2.45) is 0 Å². The van der Waals surface area contributed by atoms with Crippen LogP contribution in [0.25, 0.3) is 6.01 Å². The number of aromatic nitrogens is 4. The van der Waals surface area contributed by atoms with Gasteiger partial charge in [-0.1, -0.05) is 27.7 Å². The predicted octanol–water partition coefficient (Wildman–Crippen LogP) is 1.88. The largest absolute Gasteiger partial charge is 0.430 e. The van der Waals surface area contributed by atoms with Gasteiger partial charge in [0.25, 0.3) is 0 Å². The highest BCUT2D eigenvalue weighted by atomic mass is 16.4. The molecule has 0 atom stereocenters. The molecule has 104 valence electrons. The predicted molar refractivity (Wildman–Crippen MR) is 72.2 cm³/mol. The molecule has 0 aliphatic rings. The van der Waals surface area contributed by atoms with Crippen LogP contribution in [0.5, 0.6) is 0 Å². The van der Waals surface area contributed by atoms with Crippen molar-refractivity contribution in [3.8, 4) is 6.01 Å². The van der Waals surface area contributed by atoms with E-state index in [1.165, 1.54) is 0 Å². The Bertz CT molecular complexity index is 529. The van der Waals surface area contributed by atoms with Gasteiger partial charge in [-0.05, 0) is 0 Å². The third kappa shape index (κ3) is 3.20. The van der Waals surface area contributed by atoms with Gasteiger partial charge in [0.1, 0.15) is 12.1 Å². The summed E-state index contributed by atoms with van der Waals surface area (Å²) in [6.45, 7) is 8.97. The Labute approximate surface area is 113 Å². The van der Waals surface area contributed by atoms with Crippen LogP contribution in [-0.4, -0.2) is 25.8 Å². The molecule has 0 aliphatic heterocycles. The summed E-state index contributed by atoms with van der Waals surface area (Å²) >= 11 is 0. The molecule has 2 aromatic rings. The van der Waals surface area contributed by atoms with Gasteiger partial charge in [-0.3, -0.25) is 0 Å². The van der Waals surface area contributed by atoms with E-state index in [0.717, 1.165) is 30.2 Å². The first kappa shape index (κ1) is 13.7. The quantitative estimate of drug-likeness (QED) is 0.861. The second-order valence-electron chi connectivity index (χ2n) is 4.72. The van der Waals surface area contributed by atoms with Crippen molar-refractivity contribution in [1.82, 2.24) is 25.1 Å². The van der Waals surface area contributed by atoms with E-state index in [1.807, 2.05) is 13.8 Å². The fourth-order valence-electron chi connectivity index (χ4n) is 1.71. The molecule has 0 amide bonds. The molecule has 0 aromatic carbocycles. The van der Waals surface area contributed by atoms with Gasteiger partial charge in [-0.15, -0.1) is 5.10 Å². The Morgan fingerprint density at radius 2 is 2.05 bits per heavy atom. The molecule has 19 heavy (non-hydrogen) atoms. The number of hydrogen-bond acceptors (Lipinski definition) is 5. The van der Waals surface area contributed by atoms with E-state index in [0.29, 0.717) is 18.6 Å². The van der Waals surface area contributed by atoms with E-state index in [1.54, 1.807) is 10.9 Å². The van der Waals surface area contributed by atoms with Gasteiger partial charge in [0.2, 0.25) is 0 Å². The van der Waals surface area contributed by atoms with Crippen molar-refractivity contribution in [3.63, 3.8) is 0 Å². The van der Waals surface area contributed by atoms with Crippen LogP contribution in [-0.2, 0) is 19.4 Å². The van der Waals surface area contributed by atoms with Crippen LogP contribution in [0.1, 0.15) is 45.0 Å². The summed E-state index contributed by atoms with van der Waals surface area (Å²) in [5, 5.41) is 7.71. The third-order valence-corrected chi connectivity index (χ3v) is 2.76. The highest BCUT2D eigenvalue weighted by Gasteiger charge is 2.14. The smallest absolute Gasteiger partial charge is 0.324 e. The van der Waals surface area contributed by atoms with Crippen molar-refractivity contribution in [2.45, 2.75) is 53.1 Å². The lowest BCUT2D eigenvalue weighted by Crippen LogP contribution is -2.22. The van der Waals surface area contributed by atoms with E-state index in [4.69, 9.17) is 4.42 Å².